The van der Waals surface area contributed by atoms with E-state index in [-0.39, 0.29) is 6.61 Å². The number of rotatable bonds is 18. The number of carbonyl (C=O) groups excluding carboxylic acids is 1. The van der Waals surface area contributed by atoms with E-state index >= 15 is 0 Å². The monoisotopic (exact) mass is 708 g/mol. The van der Waals surface area contributed by atoms with Crippen LogP contribution >= 0.6 is 11.6 Å². The average molecular weight is 709 g/mol. The molecule has 1 amide bonds. The minimum absolute atomic E-state index is 0.210. The number of hydrogen-bond donors (Lipinski definition) is 1. The number of carbonyl (C=O) groups is 1. The molecule has 5 aromatic carbocycles. The van der Waals surface area contributed by atoms with Crippen LogP contribution in [-0.4, -0.2) is 31.9 Å². The number of amides is 1. The van der Waals surface area contributed by atoms with Gasteiger partial charge in [0, 0.05) is 5.56 Å². The maximum absolute atomic E-state index is 13.0. The van der Waals surface area contributed by atoms with Crippen LogP contribution in [0.5, 0.6) is 34.5 Å². The van der Waals surface area contributed by atoms with Gasteiger partial charge in [-0.3, -0.25) is 4.79 Å². The van der Waals surface area contributed by atoms with Crippen molar-refractivity contribution in [2.75, 3.05) is 19.8 Å². The van der Waals surface area contributed by atoms with Gasteiger partial charge in [0.25, 0.3) is 5.91 Å². The van der Waals surface area contributed by atoms with Crippen LogP contribution < -0.4 is 33.8 Å². The van der Waals surface area contributed by atoms with Gasteiger partial charge in [-0.05, 0) is 85.5 Å². The molecule has 0 radical (unpaired) electrons. The van der Waals surface area contributed by atoms with Crippen LogP contribution in [0.25, 0.3) is 0 Å². The van der Waals surface area contributed by atoms with E-state index in [0.717, 1.165) is 16.7 Å². The zero-order valence-electron chi connectivity index (χ0n) is 28.9. The van der Waals surface area contributed by atoms with Crippen molar-refractivity contribution in [1.82, 2.24) is 5.43 Å². The standard InChI is InChI=1S/C41H41ClN2O7/c1-4-46-37-22-31(17-19-35(37)49-26-29-13-9-7-10-14-29)28-51-40-34(42)21-32(23-39(40)48-6-3)25-43-44-41(45)33-18-20-36(38(24-33)47-5-2)50-27-30-15-11-8-12-16-30/h7-25H,4-6,26-28H2,1-3H3,(H,44,45)/b43-25+. The smallest absolute Gasteiger partial charge is 0.271 e. The summed E-state index contributed by atoms with van der Waals surface area (Å²) >= 11 is 6.68. The molecule has 0 bridgehead atoms. The maximum Gasteiger partial charge on any atom is 0.271 e. The SMILES string of the molecule is CCOc1cc(COc2c(Cl)cc(/C=N/NC(=O)c3ccc(OCc4ccccc4)c(OCC)c3)cc2OCC)ccc1OCc1ccccc1. The topological polar surface area (TPSA) is 96.8 Å². The first-order valence-electron chi connectivity index (χ1n) is 16.8. The highest BCUT2D eigenvalue weighted by molar-refractivity contribution is 6.32. The van der Waals surface area contributed by atoms with Gasteiger partial charge in [0.1, 0.15) is 19.8 Å². The van der Waals surface area contributed by atoms with E-state index in [4.69, 9.17) is 40.0 Å². The molecule has 10 heteroatoms. The van der Waals surface area contributed by atoms with Crippen molar-refractivity contribution < 1.29 is 33.2 Å². The van der Waals surface area contributed by atoms with Crippen molar-refractivity contribution in [2.45, 2.75) is 40.6 Å². The molecule has 0 aliphatic carbocycles. The van der Waals surface area contributed by atoms with Crippen molar-refractivity contribution >= 4 is 23.7 Å². The molecule has 264 valence electrons. The fourth-order valence-corrected chi connectivity index (χ4v) is 5.26. The van der Waals surface area contributed by atoms with E-state index in [9.17, 15) is 4.79 Å². The minimum atomic E-state index is -0.416. The van der Waals surface area contributed by atoms with E-state index in [1.165, 1.54) is 6.21 Å². The van der Waals surface area contributed by atoms with Crippen LogP contribution in [-0.2, 0) is 19.8 Å². The van der Waals surface area contributed by atoms with Crippen molar-refractivity contribution in [1.29, 1.82) is 0 Å². The first kappa shape index (κ1) is 36.6. The fraction of sp³-hybridized carbons (Fsp3) is 0.220. The summed E-state index contributed by atoms with van der Waals surface area (Å²) in [6.45, 7) is 7.97. The molecule has 0 aromatic heterocycles. The highest BCUT2D eigenvalue weighted by Crippen LogP contribution is 2.38. The predicted octanol–water partition coefficient (Wildman–Crippen LogP) is 9.04. The Kier molecular flexibility index (Phi) is 13.6. The van der Waals surface area contributed by atoms with Gasteiger partial charge in [-0.15, -0.1) is 0 Å². The van der Waals surface area contributed by atoms with E-state index in [0.29, 0.717) is 83.7 Å². The second-order valence-corrected chi connectivity index (χ2v) is 11.5. The summed E-state index contributed by atoms with van der Waals surface area (Å²) in [7, 11) is 0. The quantitative estimate of drug-likeness (QED) is 0.0717. The molecule has 51 heavy (non-hydrogen) atoms. The molecule has 0 saturated carbocycles. The Morgan fingerprint density at radius 1 is 0.588 bits per heavy atom. The molecule has 5 rings (SSSR count). The average Bonchev–Trinajstić information content (AvgIpc) is 3.15. The Morgan fingerprint density at radius 3 is 1.75 bits per heavy atom. The summed E-state index contributed by atoms with van der Waals surface area (Å²) in [5.41, 5.74) is 6.48. The highest BCUT2D eigenvalue weighted by atomic mass is 35.5. The highest BCUT2D eigenvalue weighted by Gasteiger charge is 2.15. The summed E-state index contributed by atoms with van der Waals surface area (Å²) in [6.07, 6.45) is 1.49. The van der Waals surface area contributed by atoms with Crippen LogP contribution in [0, 0.1) is 0 Å². The normalized spacial score (nSPS) is 10.8. The number of nitrogens with one attached hydrogen (secondary N) is 1. The summed E-state index contributed by atoms with van der Waals surface area (Å²) in [5.74, 6) is 2.70. The molecular weight excluding hydrogens is 668 g/mol. The maximum atomic E-state index is 13.0. The number of halogens is 1. The van der Waals surface area contributed by atoms with E-state index in [1.807, 2.05) is 99.6 Å². The molecule has 0 saturated heterocycles. The van der Waals surface area contributed by atoms with Gasteiger partial charge in [-0.2, -0.15) is 5.10 Å². The van der Waals surface area contributed by atoms with E-state index in [1.54, 1.807) is 30.3 Å². The number of hydrazone groups is 1. The van der Waals surface area contributed by atoms with Crippen LogP contribution in [0.4, 0.5) is 0 Å². The number of benzene rings is 5. The molecule has 0 aliphatic rings. The lowest BCUT2D eigenvalue weighted by atomic mass is 10.2. The number of nitrogens with zero attached hydrogens (tertiary/aromatic N) is 1. The predicted molar refractivity (Wildman–Crippen MR) is 199 cm³/mol. The van der Waals surface area contributed by atoms with Gasteiger partial charge >= 0.3 is 0 Å². The third-order valence-electron chi connectivity index (χ3n) is 7.38. The largest absolute Gasteiger partial charge is 0.490 e. The van der Waals surface area contributed by atoms with Gasteiger partial charge in [0.05, 0.1) is 31.1 Å². The van der Waals surface area contributed by atoms with Crippen molar-refractivity contribution in [2.24, 2.45) is 5.10 Å². The Hall–Kier alpha value is -5.67. The summed E-state index contributed by atoms with van der Waals surface area (Å²) in [6, 6.07) is 33.9. The second kappa shape index (κ2) is 18.9. The summed E-state index contributed by atoms with van der Waals surface area (Å²) in [4.78, 5) is 13.0. The van der Waals surface area contributed by atoms with Crippen LogP contribution in [0.1, 0.15) is 53.4 Å². The van der Waals surface area contributed by atoms with Gasteiger partial charge in [-0.1, -0.05) is 78.3 Å². The van der Waals surface area contributed by atoms with Crippen LogP contribution in [0.3, 0.4) is 0 Å². The Balaban J connectivity index is 1.22. The third kappa shape index (κ3) is 10.7. The molecule has 0 unspecified atom stereocenters. The zero-order valence-corrected chi connectivity index (χ0v) is 29.7. The number of hydrogen-bond acceptors (Lipinski definition) is 8. The molecule has 1 N–H and O–H groups in total. The molecule has 5 aromatic rings. The van der Waals surface area contributed by atoms with Crippen molar-refractivity contribution in [3.8, 4) is 34.5 Å². The van der Waals surface area contributed by atoms with Gasteiger partial charge in [0.15, 0.2) is 34.5 Å². The lowest BCUT2D eigenvalue weighted by Crippen LogP contribution is -2.17. The summed E-state index contributed by atoms with van der Waals surface area (Å²) in [5, 5.41) is 4.48. The Morgan fingerprint density at radius 2 is 1.14 bits per heavy atom. The van der Waals surface area contributed by atoms with Gasteiger partial charge in [-0.25, -0.2) is 5.43 Å². The lowest BCUT2D eigenvalue weighted by Gasteiger charge is -2.16. The van der Waals surface area contributed by atoms with Crippen LogP contribution in [0.2, 0.25) is 5.02 Å². The molecule has 9 nitrogen and oxygen atoms in total. The van der Waals surface area contributed by atoms with Crippen molar-refractivity contribution in [3.63, 3.8) is 0 Å². The lowest BCUT2D eigenvalue weighted by molar-refractivity contribution is 0.0954. The fourth-order valence-electron chi connectivity index (χ4n) is 4.99. The molecular formula is C41H41ClN2O7. The molecule has 0 heterocycles. The molecule has 0 aliphatic heterocycles. The van der Waals surface area contributed by atoms with Gasteiger partial charge < -0.3 is 28.4 Å². The van der Waals surface area contributed by atoms with Crippen molar-refractivity contribution in [3.05, 3.63) is 142 Å². The molecule has 0 fully saturated rings. The molecule has 0 spiro atoms. The first-order chi connectivity index (χ1) is 25.0. The zero-order chi connectivity index (χ0) is 35.8. The first-order valence-corrected chi connectivity index (χ1v) is 17.1. The Labute approximate surface area is 303 Å². The van der Waals surface area contributed by atoms with E-state index < -0.39 is 5.91 Å². The number of ether oxygens (including phenoxy) is 6. The Bertz CT molecular complexity index is 1900. The summed E-state index contributed by atoms with van der Waals surface area (Å²) < 4.78 is 35.6. The second-order valence-electron chi connectivity index (χ2n) is 11.1. The molecule has 0 atom stereocenters. The minimum Gasteiger partial charge on any atom is -0.490 e. The van der Waals surface area contributed by atoms with Crippen LogP contribution in [0.15, 0.2) is 114 Å². The van der Waals surface area contributed by atoms with E-state index in [2.05, 4.69) is 10.5 Å². The third-order valence-corrected chi connectivity index (χ3v) is 7.66. The van der Waals surface area contributed by atoms with Gasteiger partial charge in [0.2, 0.25) is 0 Å².